The smallest absolute Gasteiger partial charge is 0.163 e. The Kier molecular flexibility index (Phi) is 6.25. The summed E-state index contributed by atoms with van der Waals surface area (Å²) in [5.74, 6) is 0.900. The van der Waals surface area contributed by atoms with E-state index in [0.717, 1.165) is 17.9 Å². The van der Waals surface area contributed by atoms with Crippen LogP contribution in [0, 0.1) is 0 Å². The zero-order chi connectivity index (χ0) is 14.9. The number of nitrogens with one attached hydrogen (secondary N) is 1. The summed E-state index contributed by atoms with van der Waals surface area (Å²) in [7, 11) is 1.96. The molecule has 0 saturated heterocycles. The van der Waals surface area contributed by atoms with E-state index in [1.54, 1.807) is 6.33 Å². The monoisotopic (exact) mass is 286 g/mol. The number of nitrogens with zero attached hydrogens (tertiary/aromatic N) is 3. The van der Waals surface area contributed by atoms with Crippen molar-refractivity contribution >= 4 is 5.69 Å². The molecule has 0 atom stereocenters. The number of aryl methyl sites for hydroxylation is 1. The van der Waals surface area contributed by atoms with Crippen molar-refractivity contribution < 1.29 is 0 Å². The molecule has 0 bridgehead atoms. The lowest BCUT2D eigenvalue weighted by atomic mass is 10.1. The maximum absolute atomic E-state index is 4.12. The summed E-state index contributed by atoms with van der Waals surface area (Å²) in [6.07, 6.45) is 9.72. The number of benzene rings is 1. The molecule has 0 aliphatic heterocycles. The largest absolute Gasteiger partial charge is 0.385 e. The van der Waals surface area contributed by atoms with Gasteiger partial charge < -0.3 is 9.88 Å². The second kappa shape index (κ2) is 8.45. The predicted octanol–water partition coefficient (Wildman–Crippen LogP) is 4.25. The van der Waals surface area contributed by atoms with Crippen LogP contribution in [0.25, 0.3) is 11.4 Å². The number of aromatic nitrogens is 3. The summed E-state index contributed by atoms with van der Waals surface area (Å²) < 4.78 is 1.93. The van der Waals surface area contributed by atoms with Crippen LogP contribution in [0.1, 0.15) is 45.4 Å². The lowest BCUT2D eigenvalue weighted by molar-refractivity contribution is 0.617. The van der Waals surface area contributed by atoms with Crippen molar-refractivity contribution in [1.82, 2.24) is 14.8 Å². The van der Waals surface area contributed by atoms with E-state index in [4.69, 9.17) is 0 Å². The van der Waals surface area contributed by atoms with Crippen LogP contribution < -0.4 is 5.32 Å². The van der Waals surface area contributed by atoms with E-state index >= 15 is 0 Å². The van der Waals surface area contributed by atoms with Gasteiger partial charge in [-0.05, 0) is 30.7 Å². The fourth-order valence-electron chi connectivity index (χ4n) is 2.42. The van der Waals surface area contributed by atoms with Crippen LogP contribution in [0.2, 0.25) is 0 Å². The summed E-state index contributed by atoms with van der Waals surface area (Å²) in [6.45, 7) is 3.31. The molecule has 2 aromatic rings. The minimum Gasteiger partial charge on any atom is -0.385 e. The maximum Gasteiger partial charge on any atom is 0.163 e. The van der Waals surface area contributed by atoms with Gasteiger partial charge in [-0.15, -0.1) is 10.2 Å². The van der Waals surface area contributed by atoms with Gasteiger partial charge >= 0.3 is 0 Å². The van der Waals surface area contributed by atoms with Crippen LogP contribution in [0.5, 0.6) is 0 Å². The molecule has 4 heteroatoms. The maximum atomic E-state index is 4.12. The molecule has 1 heterocycles. The molecule has 0 amide bonds. The summed E-state index contributed by atoms with van der Waals surface area (Å²) in [5.41, 5.74) is 2.27. The number of hydrogen-bond donors (Lipinski definition) is 1. The van der Waals surface area contributed by atoms with Crippen molar-refractivity contribution in [2.75, 3.05) is 11.9 Å². The first-order valence-electron chi connectivity index (χ1n) is 7.99. The van der Waals surface area contributed by atoms with E-state index in [9.17, 15) is 0 Å². The highest BCUT2D eigenvalue weighted by atomic mass is 15.2. The van der Waals surface area contributed by atoms with Gasteiger partial charge in [-0.25, -0.2) is 0 Å². The molecule has 1 N–H and O–H groups in total. The molecule has 1 aromatic carbocycles. The average molecular weight is 286 g/mol. The second-order valence-electron chi connectivity index (χ2n) is 5.54. The van der Waals surface area contributed by atoms with Gasteiger partial charge in [0, 0.05) is 24.8 Å². The first-order valence-corrected chi connectivity index (χ1v) is 7.99. The molecule has 2 rings (SSSR count). The third kappa shape index (κ3) is 4.88. The summed E-state index contributed by atoms with van der Waals surface area (Å²) in [5, 5.41) is 11.5. The molecule has 0 fully saturated rings. The molecule has 0 radical (unpaired) electrons. The molecule has 21 heavy (non-hydrogen) atoms. The minimum atomic E-state index is 0.900. The highest BCUT2D eigenvalue weighted by molar-refractivity contribution is 5.59. The standard InChI is InChI=1S/C17H26N4/c1-3-4-5-6-7-8-13-18-16-11-9-15(10-12-16)17-20-19-14-21(17)2/h9-12,14,18H,3-8,13H2,1-2H3. The molecule has 0 aliphatic rings. The van der Waals surface area contributed by atoms with Crippen LogP contribution >= 0.6 is 0 Å². The number of rotatable bonds is 9. The zero-order valence-corrected chi connectivity index (χ0v) is 13.2. The Morgan fingerprint density at radius 1 is 1.00 bits per heavy atom. The van der Waals surface area contributed by atoms with Gasteiger partial charge in [0.1, 0.15) is 6.33 Å². The van der Waals surface area contributed by atoms with Gasteiger partial charge in [-0.3, -0.25) is 0 Å². The Bertz CT molecular complexity index is 516. The lowest BCUT2D eigenvalue weighted by Gasteiger charge is -2.07. The third-order valence-electron chi connectivity index (χ3n) is 3.71. The predicted molar refractivity (Wildman–Crippen MR) is 88.3 cm³/mol. The average Bonchev–Trinajstić information content (AvgIpc) is 2.93. The molecular weight excluding hydrogens is 260 g/mol. The van der Waals surface area contributed by atoms with Crippen LogP contribution in [-0.4, -0.2) is 21.3 Å². The fraction of sp³-hybridized carbons (Fsp3) is 0.529. The number of hydrogen-bond acceptors (Lipinski definition) is 3. The SMILES string of the molecule is CCCCCCCCNc1ccc(-c2nncn2C)cc1. The first-order chi connectivity index (χ1) is 10.3. The van der Waals surface area contributed by atoms with Gasteiger partial charge in [-0.2, -0.15) is 0 Å². The molecule has 0 spiro atoms. The van der Waals surface area contributed by atoms with Crippen LogP contribution in [0.3, 0.4) is 0 Å². The summed E-state index contributed by atoms with van der Waals surface area (Å²) >= 11 is 0. The Labute approximate surface area is 127 Å². The Morgan fingerprint density at radius 2 is 1.71 bits per heavy atom. The molecule has 0 saturated carbocycles. The summed E-state index contributed by atoms with van der Waals surface area (Å²) in [6, 6.07) is 8.41. The minimum absolute atomic E-state index is 0.900. The van der Waals surface area contributed by atoms with Crippen LogP contribution in [0.4, 0.5) is 5.69 Å². The molecule has 1 aromatic heterocycles. The van der Waals surface area contributed by atoms with Crippen molar-refractivity contribution in [2.45, 2.75) is 45.4 Å². The van der Waals surface area contributed by atoms with Crippen molar-refractivity contribution in [2.24, 2.45) is 7.05 Å². The van der Waals surface area contributed by atoms with Crippen LogP contribution in [0.15, 0.2) is 30.6 Å². The first kappa shape index (κ1) is 15.5. The highest BCUT2D eigenvalue weighted by Crippen LogP contribution is 2.18. The van der Waals surface area contributed by atoms with E-state index in [0.29, 0.717) is 0 Å². The molecular formula is C17H26N4. The Morgan fingerprint density at radius 3 is 2.38 bits per heavy atom. The molecule has 4 nitrogen and oxygen atoms in total. The van der Waals surface area contributed by atoms with E-state index in [1.807, 2.05) is 11.6 Å². The third-order valence-corrected chi connectivity index (χ3v) is 3.71. The zero-order valence-electron chi connectivity index (χ0n) is 13.2. The Hall–Kier alpha value is -1.84. The van der Waals surface area contributed by atoms with E-state index < -0.39 is 0 Å². The van der Waals surface area contributed by atoms with E-state index in [1.165, 1.54) is 44.2 Å². The normalized spacial score (nSPS) is 10.8. The molecule has 0 aliphatic carbocycles. The second-order valence-corrected chi connectivity index (χ2v) is 5.54. The van der Waals surface area contributed by atoms with Gasteiger partial charge in [0.25, 0.3) is 0 Å². The van der Waals surface area contributed by atoms with Crippen molar-refractivity contribution in [3.05, 3.63) is 30.6 Å². The van der Waals surface area contributed by atoms with Crippen LogP contribution in [-0.2, 0) is 7.05 Å². The highest BCUT2D eigenvalue weighted by Gasteiger charge is 2.03. The number of unbranched alkanes of at least 4 members (excludes halogenated alkanes) is 5. The van der Waals surface area contributed by atoms with E-state index in [-0.39, 0.29) is 0 Å². The quantitative estimate of drug-likeness (QED) is 0.701. The molecule has 0 unspecified atom stereocenters. The topological polar surface area (TPSA) is 42.7 Å². The van der Waals surface area contributed by atoms with Gasteiger partial charge in [0.15, 0.2) is 5.82 Å². The Balaban J connectivity index is 1.72. The lowest BCUT2D eigenvalue weighted by Crippen LogP contribution is -2.01. The van der Waals surface area contributed by atoms with Gasteiger partial charge in [0.05, 0.1) is 0 Å². The van der Waals surface area contributed by atoms with Crippen molar-refractivity contribution in [1.29, 1.82) is 0 Å². The summed E-state index contributed by atoms with van der Waals surface area (Å²) in [4.78, 5) is 0. The van der Waals surface area contributed by atoms with Gasteiger partial charge in [0.2, 0.25) is 0 Å². The fourth-order valence-corrected chi connectivity index (χ4v) is 2.42. The van der Waals surface area contributed by atoms with Gasteiger partial charge in [-0.1, -0.05) is 39.0 Å². The van der Waals surface area contributed by atoms with Crippen molar-refractivity contribution in [3.8, 4) is 11.4 Å². The van der Waals surface area contributed by atoms with Crippen molar-refractivity contribution in [3.63, 3.8) is 0 Å². The molecule has 114 valence electrons. The van der Waals surface area contributed by atoms with E-state index in [2.05, 4.69) is 46.7 Å². The number of anilines is 1.